The van der Waals surface area contributed by atoms with Crippen LogP contribution in [0.2, 0.25) is 0 Å². The molecule has 0 aromatic heterocycles. The van der Waals surface area contributed by atoms with Gasteiger partial charge >= 0.3 is 54.9 Å². The predicted octanol–water partition coefficient (Wildman–Crippen LogP) is -1.47. The Hall–Kier alpha value is 1.88. The van der Waals surface area contributed by atoms with Gasteiger partial charge in [-0.15, -0.1) is 0 Å². The van der Waals surface area contributed by atoms with E-state index in [1.807, 2.05) is 0 Å². The van der Waals surface area contributed by atoms with Crippen molar-refractivity contribution in [2.45, 2.75) is 13.0 Å². The molecule has 0 saturated carbocycles. The Balaban J connectivity index is -0.000000125. The Morgan fingerprint density at radius 1 is 1.62 bits per heavy atom. The molecule has 1 atom stereocenters. The maximum atomic E-state index is 9.45. The third-order valence-corrected chi connectivity index (χ3v) is 0.357. The van der Waals surface area contributed by atoms with Gasteiger partial charge in [-0.2, -0.15) is 0 Å². The van der Waals surface area contributed by atoms with Crippen LogP contribution in [0.25, 0.3) is 0 Å². The molecule has 0 heterocycles. The summed E-state index contributed by atoms with van der Waals surface area (Å²) in [6, 6.07) is 0. The van der Waals surface area contributed by atoms with Gasteiger partial charge in [0, 0.05) is 26.2 Å². The second-order valence-corrected chi connectivity index (χ2v) is 1.01. The number of carboxylic acids is 1. The van der Waals surface area contributed by atoms with Crippen molar-refractivity contribution in [3.8, 4) is 0 Å². The molecular formula is C3H8BaO3Zr. The van der Waals surface area contributed by atoms with E-state index in [-0.39, 0.29) is 75.1 Å². The van der Waals surface area contributed by atoms with Crippen molar-refractivity contribution in [3.05, 3.63) is 0 Å². The Morgan fingerprint density at radius 3 is 1.75 bits per heavy atom. The van der Waals surface area contributed by atoms with Gasteiger partial charge in [0.05, 0.1) is 0 Å². The Bertz CT molecular complexity index is 65.5. The number of carbonyl (C=O) groups is 1. The third-order valence-electron chi connectivity index (χ3n) is 0.357. The Kier molecular flexibility index (Phi) is 18.3. The van der Waals surface area contributed by atoms with Crippen molar-refractivity contribution in [1.82, 2.24) is 0 Å². The van der Waals surface area contributed by atoms with E-state index in [9.17, 15) is 4.79 Å². The zero-order chi connectivity index (χ0) is 5.15. The molecule has 0 aromatic carbocycles. The number of hydrogen-bond acceptors (Lipinski definition) is 2. The largest absolute Gasteiger partial charge is 0 e. The van der Waals surface area contributed by atoms with Gasteiger partial charge in [0.15, 0.2) is 0 Å². The van der Waals surface area contributed by atoms with Crippen molar-refractivity contribution in [3.63, 3.8) is 0 Å². The van der Waals surface area contributed by atoms with Crippen molar-refractivity contribution in [1.29, 1.82) is 0 Å². The molecule has 8 heavy (non-hydrogen) atoms. The van der Waals surface area contributed by atoms with Crippen LogP contribution in [0.15, 0.2) is 0 Å². The molecule has 44 valence electrons. The number of aliphatic carboxylic acids is 1. The van der Waals surface area contributed by atoms with Crippen LogP contribution in [0.4, 0.5) is 0 Å². The molecule has 5 heteroatoms. The van der Waals surface area contributed by atoms with Crippen LogP contribution in [0, 0.1) is 0 Å². The van der Waals surface area contributed by atoms with Crippen LogP contribution < -0.4 is 0 Å². The van der Waals surface area contributed by atoms with Crippen LogP contribution >= 0.6 is 0 Å². The molecule has 0 aliphatic heterocycles. The predicted molar refractivity (Wildman–Crippen MR) is 27.9 cm³/mol. The third kappa shape index (κ3) is 10.8. The van der Waals surface area contributed by atoms with E-state index in [1.165, 1.54) is 6.92 Å². The summed E-state index contributed by atoms with van der Waals surface area (Å²) in [7, 11) is 0. The number of aliphatic hydroxyl groups excluding tert-OH is 1. The molecule has 1 unspecified atom stereocenters. The van der Waals surface area contributed by atoms with Gasteiger partial charge in [0.25, 0.3) is 0 Å². The summed E-state index contributed by atoms with van der Waals surface area (Å²) in [5, 5.41) is 15.8. The molecule has 0 amide bonds. The molecule has 0 bridgehead atoms. The fourth-order valence-electron chi connectivity index (χ4n) is 0. The van der Waals surface area contributed by atoms with Gasteiger partial charge in [-0.05, 0) is 6.92 Å². The maximum absolute atomic E-state index is 9.45. The molecule has 0 aromatic rings. The van der Waals surface area contributed by atoms with Crippen LogP contribution in [0.1, 0.15) is 6.92 Å². The SMILES string of the molecule is CC(O)C(=O)O.[BaH2].[Zr]. The van der Waals surface area contributed by atoms with Gasteiger partial charge in [-0.25, -0.2) is 4.79 Å². The number of aliphatic hydroxyl groups is 1. The van der Waals surface area contributed by atoms with E-state index < -0.39 is 12.1 Å². The van der Waals surface area contributed by atoms with E-state index in [1.54, 1.807) is 0 Å². The van der Waals surface area contributed by atoms with Crippen molar-refractivity contribution in [2.24, 2.45) is 0 Å². The van der Waals surface area contributed by atoms with Crippen molar-refractivity contribution in [2.75, 3.05) is 0 Å². The van der Waals surface area contributed by atoms with Crippen molar-refractivity contribution < 1.29 is 41.2 Å². The molecule has 0 saturated heterocycles. The minimum absolute atomic E-state index is 0. The second-order valence-electron chi connectivity index (χ2n) is 1.01. The molecular weight excluding hydrogens is 313 g/mol. The molecule has 2 N–H and O–H groups in total. The van der Waals surface area contributed by atoms with Gasteiger partial charge < -0.3 is 10.2 Å². The first-order chi connectivity index (χ1) is 2.64. The summed E-state index contributed by atoms with van der Waals surface area (Å²) in [6.07, 6.45) is -1.23. The zero-order valence-electron chi connectivity index (χ0n) is 3.88. The summed E-state index contributed by atoms with van der Waals surface area (Å²) in [5.41, 5.74) is 0. The minimum atomic E-state index is -1.23. The second kappa shape index (κ2) is 8.88. The molecule has 0 aliphatic carbocycles. The van der Waals surface area contributed by atoms with Gasteiger partial charge in [-0.1, -0.05) is 0 Å². The van der Waals surface area contributed by atoms with Crippen LogP contribution in [-0.2, 0) is 31.0 Å². The van der Waals surface area contributed by atoms with E-state index in [0.29, 0.717) is 0 Å². The minimum Gasteiger partial charge on any atom is 0 e. The van der Waals surface area contributed by atoms with E-state index >= 15 is 0 Å². The zero-order valence-corrected chi connectivity index (χ0v) is 6.34. The smallest absolute Gasteiger partial charge is 0 e. The average Bonchev–Trinajstić information content (AvgIpc) is 1.36. The van der Waals surface area contributed by atoms with E-state index in [4.69, 9.17) is 10.2 Å². The van der Waals surface area contributed by atoms with Crippen molar-refractivity contribution >= 4 is 54.9 Å². The summed E-state index contributed by atoms with van der Waals surface area (Å²) in [5.74, 6) is -1.19. The molecule has 0 aliphatic rings. The summed E-state index contributed by atoms with van der Waals surface area (Å²) in [6.45, 7) is 1.20. The van der Waals surface area contributed by atoms with Gasteiger partial charge in [0.1, 0.15) is 6.10 Å². The average molecular weight is 321 g/mol. The molecule has 0 rings (SSSR count). The number of rotatable bonds is 1. The first kappa shape index (κ1) is 16.5. The van der Waals surface area contributed by atoms with Crippen LogP contribution in [-0.4, -0.2) is 71.2 Å². The van der Waals surface area contributed by atoms with E-state index in [0.717, 1.165) is 0 Å². The summed E-state index contributed by atoms with van der Waals surface area (Å²) < 4.78 is 0. The van der Waals surface area contributed by atoms with Gasteiger partial charge in [-0.3, -0.25) is 0 Å². The Labute approximate surface area is 107 Å². The standard InChI is InChI=1S/C3H6O3.Ba.Zr.2H/c1-2(4)3(5)6;;;;/h2,4H,1H3,(H,5,6);;;;. The topological polar surface area (TPSA) is 57.5 Å². The number of carboxylic acid groups (broad SMARTS) is 1. The molecule has 0 radical (unpaired) electrons. The monoisotopic (exact) mass is 320 g/mol. The Morgan fingerprint density at radius 2 is 1.75 bits per heavy atom. The quantitative estimate of drug-likeness (QED) is 0.580. The molecule has 0 spiro atoms. The fraction of sp³-hybridized carbons (Fsp3) is 0.667. The molecule has 3 nitrogen and oxygen atoms in total. The van der Waals surface area contributed by atoms with Crippen LogP contribution in [0.5, 0.6) is 0 Å². The normalized spacial score (nSPS) is 10.2. The molecule has 0 fully saturated rings. The van der Waals surface area contributed by atoms with E-state index in [2.05, 4.69) is 0 Å². The fourth-order valence-corrected chi connectivity index (χ4v) is 0. The van der Waals surface area contributed by atoms with Gasteiger partial charge in [0.2, 0.25) is 0 Å². The summed E-state index contributed by atoms with van der Waals surface area (Å²) >= 11 is 0. The first-order valence-electron chi connectivity index (χ1n) is 1.55. The number of hydrogen-bond donors (Lipinski definition) is 2. The maximum Gasteiger partial charge on any atom is 0 e. The first-order valence-corrected chi connectivity index (χ1v) is 1.55. The van der Waals surface area contributed by atoms with Crippen LogP contribution in [0.3, 0.4) is 0 Å². The summed E-state index contributed by atoms with van der Waals surface area (Å²) in [4.78, 5) is 9.45.